The molecule has 182 valence electrons. The van der Waals surface area contributed by atoms with E-state index in [0.29, 0.717) is 12.1 Å². The Kier molecular flexibility index (Phi) is 5.68. The molecule has 0 saturated heterocycles. The first kappa shape index (κ1) is 24.4. The van der Waals surface area contributed by atoms with Crippen LogP contribution in [-0.4, -0.2) is 79.1 Å². The Bertz CT molecular complexity index is 1200. The van der Waals surface area contributed by atoms with Gasteiger partial charge in [0.2, 0.25) is 5.78 Å². The molecule has 0 spiro atoms. The Labute approximate surface area is 200 Å². The monoisotopic (exact) mass is 491 g/mol. The summed E-state index contributed by atoms with van der Waals surface area (Å²) < 4.78 is 0. The minimum Gasteiger partial charge on any atom is -0.510 e. The minimum atomic E-state index is -2.85. The molecule has 6 atom stereocenters. The molecule has 5 N–H and O–H groups in total. The van der Waals surface area contributed by atoms with Crippen LogP contribution in [0.5, 0.6) is 5.75 Å². The second kappa shape index (κ2) is 7.91. The normalized spacial score (nSPS) is 33.1. The molecule has 0 amide bonds. The molecule has 3 aliphatic rings. The van der Waals surface area contributed by atoms with E-state index in [9.17, 15) is 39.9 Å². The van der Waals surface area contributed by atoms with Crippen LogP contribution in [0.25, 0.3) is 0 Å². The third-order valence-corrected chi connectivity index (χ3v) is 7.91. The molecule has 0 aromatic heterocycles. The van der Waals surface area contributed by atoms with Gasteiger partial charge in [-0.05, 0) is 38.1 Å². The summed E-state index contributed by atoms with van der Waals surface area (Å²) in [5.74, 6) is -8.35. The number of hydrogen-bond donors (Lipinski definition) is 5. The number of ketones is 3. The summed E-state index contributed by atoms with van der Waals surface area (Å²) in [5, 5.41) is 55.8. The Hall–Kier alpha value is -2.72. The number of halogens is 1. The van der Waals surface area contributed by atoms with Crippen LogP contribution in [0.3, 0.4) is 0 Å². The fourth-order valence-corrected chi connectivity index (χ4v) is 5.97. The molecule has 4 unspecified atom stereocenters. The third-order valence-electron chi connectivity index (χ3n) is 7.61. The van der Waals surface area contributed by atoms with Crippen LogP contribution in [0.2, 0.25) is 5.02 Å². The average molecular weight is 492 g/mol. The van der Waals surface area contributed by atoms with Crippen molar-refractivity contribution in [2.75, 3.05) is 13.6 Å². The van der Waals surface area contributed by atoms with Gasteiger partial charge in [0.05, 0.1) is 28.6 Å². The molecule has 0 heterocycles. The van der Waals surface area contributed by atoms with E-state index in [1.165, 1.54) is 17.0 Å². The van der Waals surface area contributed by atoms with Gasteiger partial charge in [0.25, 0.3) is 0 Å². The van der Waals surface area contributed by atoms with E-state index in [1.54, 1.807) is 20.9 Å². The summed E-state index contributed by atoms with van der Waals surface area (Å²) in [5.41, 5.74) is -3.80. The van der Waals surface area contributed by atoms with Gasteiger partial charge in [-0.2, -0.15) is 0 Å². The number of hydrogen-bond acceptors (Lipinski definition) is 9. The maximum absolute atomic E-state index is 13.5. The van der Waals surface area contributed by atoms with Gasteiger partial charge < -0.3 is 25.5 Å². The highest BCUT2D eigenvalue weighted by atomic mass is 35.5. The lowest BCUT2D eigenvalue weighted by atomic mass is 9.55. The quantitative estimate of drug-likeness (QED) is 0.398. The molecule has 0 radical (unpaired) electrons. The number of aromatic hydroxyl groups is 1. The molecule has 1 aromatic carbocycles. The van der Waals surface area contributed by atoms with Gasteiger partial charge in [-0.15, -0.1) is 0 Å². The van der Waals surface area contributed by atoms with Crippen LogP contribution in [-0.2, 0) is 9.59 Å². The lowest BCUT2D eigenvalue weighted by Crippen LogP contribution is -2.68. The molecule has 9 nitrogen and oxygen atoms in total. The standard InChI is InChI=1S/C24H26ClNO8/c1-5-26(4)17-16-20(30)12-8(2)10-6-7-11(25)18(28)14(10)19(29)15(12)23(33)24(16,34)22(32)13(9(3)27)21(17)31/h6-8,12,16-17,20,28,30-31,33-34H,5H2,1-4H3/t8?,12?,16?,17-,20?,24+/m0/s1. The number of phenols is 1. The van der Waals surface area contributed by atoms with Gasteiger partial charge in [0.1, 0.15) is 22.8 Å². The topological polar surface area (TPSA) is 156 Å². The average Bonchev–Trinajstić information content (AvgIpc) is 2.77. The minimum absolute atomic E-state index is 0.101. The fraction of sp³-hybridized carbons (Fsp3) is 0.458. The van der Waals surface area contributed by atoms with Gasteiger partial charge >= 0.3 is 0 Å². The molecule has 4 rings (SSSR count). The van der Waals surface area contributed by atoms with Crippen LogP contribution in [0, 0.1) is 11.8 Å². The number of rotatable bonds is 3. The van der Waals surface area contributed by atoms with E-state index in [4.69, 9.17) is 11.6 Å². The van der Waals surface area contributed by atoms with E-state index < -0.39 is 81.3 Å². The number of carbonyl (C=O) groups excluding carboxylic acids is 3. The van der Waals surface area contributed by atoms with Crippen LogP contribution in [0.15, 0.2) is 34.8 Å². The second-order valence-corrected chi connectivity index (χ2v) is 9.62. The van der Waals surface area contributed by atoms with Gasteiger partial charge in [0, 0.05) is 11.5 Å². The summed E-state index contributed by atoms with van der Waals surface area (Å²) in [6.07, 6.45) is -1.58. The number of benzene rings is 1. The largest absolute Gasteiger partial charge is 0.510 e. The SMILES string of the molecule is CCN(C)[C@@H]1C(O)=C(C(C)=O)C(=O)[C@@]2(O)C(O)=C3C(=O)c4c(ccc(Cl)c4O)C(C)C3C(O)C12. The van der Waals surface area contributed by atoms with Crippen molar-refractivity contribution in [3.05, 3.63) is 50.9 Å². The number of aliphatic hydroxyl groups excluding tert-OH is 3. The first-order valence-electron chi connectivity index (χ1n) is 10.9. The lowest BCUT2D eigenvalue weighted by molar-refractivity contribution is -0.162. The summed E-state index contributed by atoms with van der Waals surface area (Å²) in [6, 6.07) is 1.74. The van der Waals surface area contributed by atoms with Gasteiger partial charge in [-0.1, -0.05) is 31.5 Å². The molecular weight excluding hydrogens is 466 g/mol. The molecule has 1 aromatic rings. The number of aliphatic hydroxyl groups is 4. The van der Waals surface area contributed by atoms with Gasteiger partial charge in [0.15, 0.2) is 17.2 Å². The second-order valence-electron chi connectivity index (χ2n) is 9.21. The number of phenolic OH excluding ortho intramolecular Hbond substituents is 1. The van der Waals surface area contributed by atoms with Crippen molar-refractivity contribution >= 4 is 29.0 Å². The first-order valence-corrected chi connectivity index (χ1v) is 11.3. The number of Topliss-reactive ketones (excluding diaryl/α,β-unsaturated/α-hetero) is 3. The van der Waals surface area contributed by atoms with Crippen molar-refractivity contribution in [3.63, 3.8) is 0 Å². The van der Waals surface area contributed by atoms with Crippen LogP contribution in [0.4, 0.5) is 0 Å². The highest BCUT2D eigenvalue weighted by Crippen LogP contribution is 2.56. The first-order chi connectivity index (χ1) is 15.8. The van der Waals surface area contributed by atoms with Crippen molar-refractivity contribution in [2.45, 2.75) is 44.4 Å². The van der Waals surface area contributed by atoms with Crippen molar-refractivity contribution in [1.82, 2.24) is 4.90 Å². The Morgan fingerprint density at radius 2 is 1.82 bits per heavy atom. The predicted octanol–water partition coefficient (Wildman–Crippen LogP) is 1.80. The Morgan fingerprint density at radius 3 is 2.38 bits per heavy atom. The maximum atomic E-state index is 13.5. The maximum Gasteiger partial charge on any atom is 0.209 e. The van der Waals surface area contributed by atoms with Gasteiger partial charge in [-0.25, -0.2) is 0 Å². The van der Waals surface area contributed by atoms with Crippen molar-refractivity contribution in [3.8, 4) is 5.75 Å². The molecule has 0 bridgehead atoms. The van der Waals surface area contributed by atoms with Crippen LogP contribution in [0.1, 0.15) is 42.6 Å². The lowest BCUT2D eigenvalue weighted by Gasteiger charge is -2.53. The van der Waals surface area contributed by atoms with Crippen LogP contribution >= 0.6 is 11.6 Å². The highest BCUT2D eigenvalue weighted by Gasteiger charge is 2.67. The zero-order chi connectivity index (χ0) is 25.4. The summed E-state index contributed by atoms with van der Waals surface area (Å²) >= 11 is 5.99. The van der Waals surface area contributed by atoms with Crippen LogP contribution < -0.4 is 0 Å². The van der Waals surface area contributed by atoms with E-state index in [2.05, 4.69) is 0 Å². The molecule has 0 aliphatic heterocycles. The Morgan fingerprint density at radius 1 is 1.21 bits per heavy atom. The predicted molar refractivity (Wildman–Crippen MR) is 121 cm³/mol. The van der Waals surface area contributed by atoms with Crippen molar-refractivity contribution in [1.29, 1.82) is 0 Å². The molecule has 34 heavy (non-hydrogen) atoms. The smallest absolute Gasteiger partial charge is 0.209 e. The molecule has 10 heteroatoms. The van der Waals surface area contributed by atoms with Crippen molar-refractivity contribution in [2.24, 2.45) is 11.8 Å². The van der Waals surface area contributed by atoms with E-state index in [0.717, 1.165) is 6.92 Å². The highest BCUT2D eigenvalue weighted by molar-refractivity contribution is 6.33. The molecular formula is C24H26ClNO8. The third kappa shape index (κ3) is 2.87. The molecule has 0 fully saturated rings. The molecule has 0 saturated carbocycles. The zero-order valence-corrected chi connectivity index (χ0v) is 19.8. The number of likely N-dealkylation sites (N-methyl/N-ethyl adjacent to an activating group) is 1. The summed E-state index contributed by atoms with van der Waals surface area (Å²) in [7, 11) is 1.57. The number of carbonyl (C=O) groups is 3. The fourth-order valence-electron chi connectivity index (χ4n) is 5.81. The van der Waals surface area contributed by atoms with Crippen molar-refractivity contribution < 1.29 is 39.9 Å². The van der Waals surface area contributed by atoms with E-state index in [1.807, 2.05) is 0 Å². The summed E-state index contributed by atoms with van der Waals surface area (Å²) in [4.78, 5) is 40.7. The van der Waals surface area contributed by atoms with E-state index >= 15 is 0 Å². The van der Waals surface area contributed by atoms with Gasteiger partial charge in [-0.3, -0.25) is 19.3 Å². The van der Waals surface area contributed by atoms with E-state index in [-0.39, 0.29) is 10.6 Å². The molecule has 3 aliphatic carbocycles. The Balaban J connectivity index is 2.06. The summed E-state index contributed by atoms with van der Waals surface area (Å²) in [6.45, 7) is 4.75. The zero-order valence-electron chi connectivity index (χ0n) is 19.0. The number of fused-ring (bicyclic) bond motifs is 3. The number of nitrogens with zero attached hydrogens (tertiary/aromatic N) is 1.